The molecule has 3 aromatic carbocycles. The third kappa shape index (κ3) is 4.22. The lowest BCUT2D eigenvalue weighted by Crippen LogP contribution is -2.03. The SMILES string of the molecule is c1ccc(COc2ccc(Oc3c(C4CCCCC4)sc4ccccc34)cc2)cc1. The number of rotatable bonds is 6. The van der Waals surface area contributed by atoms with E-state index in [9.17, 15) is 0 Å². The van der Waals surface area contributed by atoms with Crippen LogP contribution in [0.2, 0.25) is 0 Å². The van der Waals surface area contributed by atoms with Crippen molar-refractivity contribution < 1.29 is 9.47 Å². The standard InChI is InChI=1S/C27H26O2S/c1-3-9-20(10-4-1)19-28-22-15-17-23(18-16-22)29-26-24-13-7-8-14-25(24)30-27(26)21-11-5-2-6-12-21/h1,3-4,7-10,13-18,21H,2,5-6,11-12,19H2. The van der Waals surface area contributed by atoms with Gasteiger partial charge in [0.1, 0.15) is 23.9 Å². The molecule has 152 valence electrons. The van der Waals surface area contributed by atoms with Crippen molar-refractivity contribution in [2.24, 2.45) is 0 Å². The summed E-state index contributed by atoms with van der Waals surface area (Å²) in [5.41, 5.74) is 1.17. The molecule has 5 rings (SSSR count). The monoisotopic (exact) mass is 414 g/mol. The molecule has 0 atom stereocenters. The molecule has 30 heavy (non-hydrogen) atoms. The Morgan fingerprint density at radius 2 is 1.43 bits per heavy atom. The zero-order valence-corrected chi connectivity index (χ0v) is 17.9. The maximum absolute atomic E-state index is 6.49. The molecular formula is C27H26O2S. The van der Waals surface area contributed by atoms with E-state index in [1.54, 1.807) is 0 Å². The molecule has 0 aliphatic heterocycles. The molecule has 0 N–H and O–H groups in total. The van der Waals surface area contributed by atoms with Crippen molar-refractivity contribution in [2.45, 2.75) is 44.6 Å². The zero-order valence-electron chi connectivity index (χ0n) is 17.1. The number of thiophene rings is 1. The van der Waals surface area contributed by atoms with Gasteiger partial charge in [0.25, 0.3) is 0 Å². The molecule has 1 fully saturated rings. The van der Waals surface area contributed by atoms with E-state index < -0.39 is 0 Å². The molecule has 1 heterocycles. The number of benzene rings is 3. The van der Waals surface area contributed by atoms with E-state index in [1.165, 1.54) is 52.6 Å². The maximum atomic E-state index is 6.49. The predicted molar refractivity (Wildman–Crippen MR) is 125 cm³/mol. The van der Waals surface area contributed by atoms with E-state index in [0.717, 1.165) is 17.2 Å². The Bertz CT molecular complexity index is 1090. The van der Waals surface area contributed by atoms with Crippen molar-refractivity contribution in [3.8, 4) is 17.2 Å². The second-order valence-corrected chi connectivity index (χ2v) is 9.06. The van der Waals surface area contributed by atoms with Crippen molar-refractivity contribution >= 4 is 21.4 Å². The second kappa shape index (κ2) is 8.93. The van der Waals surface area contributed by atoms with Crippen LogP contribution in [-0.4, -0.2) is 0 Å². The first kappa shape index (κ1) is 19.2. The molecule has 3 heteroatoms. The van der Waals surface area contributed by atoms with Crippen LogP contribution in [-0.2, 0) is 6.61 Å². The minimum atomic E-state index is 0.571. The molecule has 1 aliphatic rings. The van der Waals surface area contributed by atoms with Gasteiger partial charge in [-0.2, -0.15) is 0 Å². The van der Waals surface area contributed by atoms with E-state index in [4.69, 9.17) is 9.47 Å². The number of ether oxygens (including phenoxy) is 2. The van der Waals surface area contributed by atoms with Gasteiger partial charge in [-0.15, -0.1) is 11.3 Å². The Balaban J connectivity index is 1.36. The van der Waals surface area contributed by atoms with Gasteiger partial charge in [0, 0.05) is 10.1 Å². The van der Waals surface area contributed by atoms with Crippen LogP contribution in [0.25, 0.3) is 10.1 Å². The van der Waals surface area contributed by atoms with Gasteiger partial charge >= 0.3 is 0 Å². The van der Waals surface area contributed by atoms with Crippen molar-refractivity contribution in [2.75, 3.05) is 0 Å². The van der Waals surface area contributed by atoms with Crippen LogP contribution in [0.1, 0.15) is 48.5 Å². The fourth-order valence-electron chi connectivity index (χ4n) is 4.24. The minimum absolute atomic E-state index is 0.571. The highest BCUT2D eigenvalue weighted by Crippen LogP contribution is 2.48. The molecular weight excluding hydrogens is 388 g/mol. The van der Waals surface area contributed by atoms with Crippen LogP contribution in [0.4, 0.5) is 0 Å². The van der Waals surface area contributed by atoms with Gasteiger partial charge in [-0.3, -0.25) is 0 Å². The number of fused-ring (bicyclic) bond motifs is 1. The minimum Gasteiger partial charge on any atom is -0.489 e. The normalized spacial score (nSPS) is 14.7. The first-order valence-corrected chi connectivity index (χ1v) is 11.6. The van der Waals surface area contributed by atoms with E-state index in [-0.39, 0.29) is 0 Å². The summed E-state index contributed by atoms with van der Waals surface area (Å²) < 4.78 is 13.7. The molecule has 0 saturated heterocycles. The summed E-state index contributed by atoms with van der Waals surface area (Å²) >= 11 is 1.91. The zero-order chi connectivity index (χ0) is 20.2. The van der Waals surface area contributed by atoms with Crippen LogP contribution in [0.5, 0.6) is 17.2 Å². The Kier molecular flexibility index (Phi) is 5.71. The highest BCUT2D eigenvalue weighted by atomic mass is 32.1. The summed E-state index contributed by atoms with van der Waals surface area (Å²) in [6, 6.07) is 26.9. The molecule has 0 amide bonds. The number of hydrogen-bond acceptors (Lipinski definition) is 3. The molecule has 1 aliphatic carbocycles. The highest BCUT2D eigenvalue weighted by Gasteiger charge is 2.24. The van der Waals surface area contributed by atoms with Gasteiger partial charge in [-0.25, -0.2) is 0 Å². The largest absolute Gasteiger partial charge is 0.489 e. The summed E-state index contributed by atoms with van der Waals surface area (Å²) in [5, 5.41) is 1.23. The van der Waals surface area contributed by atoms with Gasteiger partial charge in [-0.05, 0) is 60.7 Å². The fourth-order valence-corrected chi connectivity index (χ4v) is 5.54. The Hall–Kier alpha value is -2.78. The van der Waals surface area contributed by atoms with Crippen molar-refractivity contribution in [3.63, 3.8) is 0 Å². The van der Waals surface area contributed by atoms with E-state index in [1.807, 2.05) is 53.8 Å². The van der Waals surface area contributed by atoms with Gasteiger partial charge < -0.3 is 9.47 Å². The first-order chi connectivity index (χ1) is 14.9. The van der Waals surface area contributed by atoms with E-state index in [0.29, 0.717) is 12.5 Å². The summed E-state index contributed by atoms with van der Waals surface area (Å²) in [6.45, 7) is 0.571. The maximum Gasteiger partial charge on any atom is 0.149 e. The number of hydrogen-bond donors (Lipinski definition) is 0. The van der Waals surface area contributed by atoms with Crippen molar-refractivity contribution in [3.05, 3.63) is 89.3 Å². The lowest BCUT2D eigenvalue weighted by molar-refractivity contribution is 0.306. The van der Waals surface area contributed by atoms with Crippen molar-refractivity contribution in [1.82, 2.24) is 0 Å². The van der Waals surface area contributed by atoms with Crippen LogP contribution in [0.15, 0.2) is 78.9 Å². The summed E-state index contributed by atoms with van der Waals surface area (Å²) in [6.07, 6.45) is 6.56. The van der Waals surface area contributed by atoms with E-state index in [2.05, 4.69) is 36.4 Å². The lowest BCUT2D eigenvalue weighted by atomic mass is 9.88. The Labute approximate surface area is 182 Å². The average Bonchev–Trinajstić information content (AvgIpc) is 3.18. The van der Waals surface area contributed by atoms with Crippen molar-refractivity contribution in [1.29, 1.82) is 0 Å². The van der Waals surface area contributed by atoms with Crippen LogP contribution < -0.4 is 9.47 Å². The molecule has 1 saturated carbocycles. The quantitative estimate of drug-likeness (QED) is 0.316. The molecule has 0 unspecified atom stereocenters. The predicted octanol–water partition coefficient (Wildman–Crippen LogP) is 8.32. The van der Waals surface area contributed by atoms with Gasteiger partial charge in [0.15, 0.2) is 0 Å². The lowest BCUT2D eigenvalue weighted by Gasteiger charge is -2.21. The molecule has 0 radical (unpaired) electrons. The molecule has 2 nitrogen and oxygen atoms in total. The Morgan fingerprint density at radius 1 is 0.733 bits per heavy atom. The van der Waals surface area contributed by atoms with Gasteiger partial charge in [-0.1, -0.05) is 61.7 Å². The molecule has 0 spiro atoms. The van der Waals surface area contributed by atoms with Gasteiger partial charge in [0.05, 0.1) is 4.88 Å². The van der Waals surface area contributed by atoms with Crippen LogP contribution >= 0.6 is 11.3 Å². The summed E-state index contributed by atoms with van der Waals surface area (Å²) in [4.78, 5) is 1.42. The first-order valence-electron chi connectivity index (χ1n) is 10.8. The Morgan fingerprint density at radius 3 is 2.23 bits per heavy atom. The fraction of sp³-hybridized carbons (Fsp3) is 0.259. The highest BCUT2D eigenvalue weighted by molar-refractivity contribution is 7.19. The average molecular weight is 415 g/mol. The molecule has 0 bridgehead atoms. The smallest absolute Gasteiger partial charge is 0.149 e. The summed E-state index contributed by atoms with van der Waals surface area (Å²) in [7, 11) is 0. The van der Waals surface area contributed by atoms with Crippen LogP contribution in [0, 0.1) is 0 Å². The molecule has 1 aromatic heterocycles. The van der Waals surface area contributed by atoms with E-state index >= 15 is 0 Å². The topological polar surface area (TPSA) is 18.5 Å². The van der Waals surface area contributed by atoms with Crippen LogP contribution in [0.3, 0.4) is 0 Å². The summed E-state index contributed by atoms with van der Waals surface area (Å²) in [5.74, 6) is 3.40. The molecule has 4 aromatic rings. The van der Waals surface area contributed by atoms with Gasteiger partial charge in [0.2, 0.25) is 0 Å². The second-order valence-electron chi connectivity index (χ2n) is 7.97. The third-order valence-electron chi connectivity index (χ3n) is 5.84. The third-order valence-corrected chi connectivity index (χ3v) is 7.16.